The number of amides is 3. The van der Waals surface area contributed by atoms with Gasteiger partial charge in [0.15, 0.2) is 0 Å². The summed E-state index contributed by atoms with van der Waals surface area (Å²) in [6.45, 7) is 0.397. The fourth-order valence-corrected chi connectivity index (χ4v) is 2.51. The van der Waals surface area contributed by atoms with Gasteiger partial charge in [-0.2, -0.15) is 0 Å². The Hall–Kier alpha value is -1.59. The number of hydrogen-bond donors (Lipinski definition) is 1. The summed E-state index contributed by atoms with van der Waals surface area (Å²) in [7, 11) is 0. The first-order valence-electron chi connectivity index (χ1n) is 6.51. The Morgan fingerprint density at radius 2 is 1.86 bits per heavy atom. The Balaban J connectivity index is 1.80. The molecular formula is C14H14Cl2N2O3. The number of likely N-dealkylation sites (tertiary alicyclic amines) is 1. The van der Waals surface area contributed by atoms with Crippen molar-refractivity contribution in [1.82, 2.24) is 10.2 Å². The van der Waals surface area contributed by atoms with Crippen LogP contribution in [0.25, 0.3) is 0 Å². The normalized spacial score (nSPS) is 14.7. The minimum Gasteiger partial charge on any atom is -0.352 e. The van der Waals surface area contributed by atoms with Crippen LogP contribution in [-0.4, -0.2) is 29.2 Å². The van der Waals surface area contributed by atoms with Crippen LogP contribution >= 0.6 is 23.2 Å². The Morgan fingerprint density at radius 3 is 2.48 bits per heavy atom. The van der Waals surface area contributed by atoms with Gasteiger partial charge < -0.3 is 5.32 Å². The highest BCUT2D eigenvalue weighted by Crippen LogP contribution is 2.20. The molecule has 0 atom stereocenters. The molecule has 1 aliphatic heterocycles. The average Bonchev–Trinajstić information content (AvgIpc) is 2.75. The van der Waals surface area contributed by atoms with Gasteiger partial charge in [0.2, 0.25) is 17.7 Å². The molecule has 21 heavy (non-hydrogen) atoms. The van der Waals surface area contributed by atoms with E-state index in [2.05, 4.69) is 5.32 Å². The summed E-state index contributed by atoms with van der Waals surface area (Å²) in [5.41, 5.74) is 0.753. The molecule has 5 nitrogen and oxygen atoms in total. The molecule has 0 saturated carbocycles. The maximum atomic E-state index is 11.7. The fourth-order valence-electron chi connectivity index (χ4n) is 2.03. The van der Waals surface area contributed by atoms with Gasteiger partial charge in [-0.3, -0.25) is 19.3 Å². The SMILES string of the molecule is O=C(CCN1C(=O)CCC1=O)NCc1ccc(Cl)cc1Cl. The number of nitrogens with zero attached hydrogens (tertiary/aromatic N) is 1. The van der Waals surface area contributed by atoms with E-state index < -0.39 is 0 Å². The lowest BCUT2D eigenvalue weighted by Gasteiger charge is -2.13. The predicted octanol–water partition coefficient (Wildman–Crippen LogP) is 2.15. The Kier molecular flexibility index (Phi) is 5.20. The van der Waals surface area contributed by atoms with Crippen molar-refractivity contribution >= 4 is 40.9 Å². The molecule has 3 amide bonds. The van der Waals surface area contributed by atoms with E-state index in [1.807, 2.05) is 0 Å². The first kappa shape index (κ1) is 15.8. The van der Waals surface area contributed by atoms with Crippen molar-refractivity contribution in [1.29, 1.82) is 0 Å². The van der Waals surface area contributed by atoms with E-state index in [1.165, 1.54) is 0 Å². The second-order valence-corrected chi connectivity index (χ2v) is 5.55. The van der Waals surface area contributed by atoms with Gasteiger partial charge in [0.05, 0.1) is 0 Å². The molecule has 1 heterocycles. The number of halogens is 2. The van der Waals surface area contributed by atoms with Gasteiger partial charge in [-0.25, -0.2) is 0 Å². The molecular weight excluding hydrogens is 315 g/mol. The number of rotatable bonds is 5. The third kappa shape index (κ3) is 4.19. The second-order valence-electron chi connectivity index (χ2n) is 4.70. The molecule has 1 aliphatic rings. The number of benzene rings is 1. The van der Waals surface area contributed by atoms with Gasteiger partial charge in [-0.1, -0.05) is 29.3 Å². The van der Waals surface area contributed by atoms with E-state index in [0.29, 0.717) is 10.0 Å². The van der Waals surface area contributed by atoms with E-state index >= 15 is 0 Å². The van der Waals surface area contributed by atoms with E-state index in [0.717, 1.165) is 10.5 Å². The first-order valence-corrected chi connectivity index (χ1v) is 7.27. The standard InChI is InChI=1S/C14H14Cl2N2O3/c15-10-2-1-9(11(16)7-10)8-17-12(19)5-6-18-13(20)3-4-14(18)21/h1-2,7H,3-6,8H2,(H,17,19). The maximum absolute atomic E-state index is 11.7. The van der Waals surface area contributed by atoms with E-state index in [-0.39, 0.29) is 50.1 Å². The van der Waals surface area contributed by atoms with Crippen LogP contribution < -0.4 is 5.32 Å². The van der Waals surface area contributed by atoms with E-state index in [4.69, 9.17) is 23.2 Å². The lowest BCUT2D eigenvalue weighted by molar-refractivity contribution is -0.138. The molecule has 1 saturated heterocycles. The summed E-state index contributed by atoms with van der Waals surface area (Å²) in [4.78, 5) is 35.7. The Morgan fingerprint density at radius 1 is 1.19 bits per heavy atom. The quantitative estimate of drug-likeness (QED) is 0.842. The van der Waals surface area contributed by atoms with Crippen molar-refractivity contribution < 1.29 is 14.4 Å². The molecule has 112 valence electrons. The van der Waals surface area contributed by atoms with Crippen LogP contribution in [0.2, 0.25) is 10.0 Å². The lowest BCUT2D eigenvalue weighted by atomic mass is 10.2. The molecule has 0 unspecified atom stereocenters. The number of imide groups is 1. The summed E-state index contributed by atoms with van der Waals surface area (Å²) in [5, 5.41) is 3.71. The molecule has 1 aromatic rings. The molecule has 1 N–H and O–H groups in total. The molecule has 1 fully saturated rings. The van der Waals surface area contributed by atoms with Gasteiger partial charge >= 0.3 is 0 Å². The maximum Gasteiger partial charge on any atom is 0.229 e. The summed E-state index contributed by atoms with van der Waals surface area (Å²) in [5.74, 6) is -0.671. The second kappa shape index (κ2) is 6.91. The minimum absolute atomic E-state index is 0.0860. The molecule has 0 bridgehead atoms. The summed E-state index contributed by atoms with van der Waals surface area (Å²) in [6.07, 6.45) is 0.560. The monoisotopic (exact) mass is 328 g/mol. The molecule has 0 spiro atoms. The van der Waals surface area contributed by atoms with E-state index in [1.54, 1.807) is 18.2 Å². The highest BCUT2D eigenvalue weighted by Gasteiger charge is 2.28. The third-order valence-corrected chi connectivity index (χ3v) is 3.80. The first-order chi connectivity index (χ1) is 9.97. The van der Waals surface area contributed by atoms with Crippen LogP contribution in [0, 0.1) is 0 Å². The van der Waals surface area contributed by atoms with E-state index in [9.17, 15) is 14.4 Å². The molecule has 2 rings (SSSR count). The summed E-state index contributed by atoms with van der Waals surface area (Å²) < 4.78 is 0. The molecule has 7 heteroatoms. The van der Waals surface area contributed by atoms with Crippen molar-refractivity contribution in [2.45, 2.75) is 25.8 Å². The average molecular weight is 329 g/mol. The van der Waals surface area contributed by atoms with Crippen LogP contribution in [0.1, 0.15) is 24.8 Å². The highest BCUT2D eigenvalue weighted by atomic mass is 35.5. The summed E-state index contributed by atoms with van der Waals surface area (Å²) >= 11 is 11.8. The van der Waals surface area contributed by atoms with Crippen molar-refractivity contribution in [3.63, 3.8) is 0 Å². The van der Waals surface area contributed by atoms with Crippen molar-refractivity contribution in [2.75, 3.05) is 6.54 Å². The smallest absolute Gasteiger partial charge is 0.229 e. The number of hydrogen-bond acceptors (Lipinski definition) is 3. The Labute approximate surface area is 132 Å². The predicted molar refractivity (Wildman–Crippen MR) is 78.9 cm³/mol. The summed E-state index contributed by atoms with van der Waals surface area (Å²) in [6, 6.07) is 5.03. The third-order valence-electron chi connectivity index (χ3n) is 3.21. The molecule has 0 radical (unpaired) electrons. The van der Waals surface area contributed by atoms with Crippen LogP contribution in [0.15, 0.2) is 18.2 Å². The zero-order chi connectivity index (χ0) is 15.4. The van der Waals surface area contributed by atoms with Gasteiger partial charge in [-0.15, -0.1) is 0 Å². The largest absolute Gasteiger partial charge is 0.352 e. The van der Waals surface area contributed by atoms with Gasteiger partial charge in [0, 0.05) is 42.4 Å². The number of carbonyl (C=O) groups is 3. The Bertz CT molecular complexity index is 574. The van der Waals surface area contributed by atoms with Crippen molar-refractivity contribution in [3.8, 4) is 0 Å². The highest BCUT2D eigenvalue weighted by molar-refractivity contribution is 6.35. The number of carbonyl (C=O) groups excluding carboxylic acids is 3. The van der Waals surface area contributed by atoms with Crippen LogP contribution in [0.4, 0.5) is 0 Å². The topological polar surface area (TPSA) is 66.5 Å². The molecule has 1 aromatic carbocycles. The van der Waals surface area contributed by atoms with Crippen molar-refractivity contribution in [2.24, 2.45) is 0 Å². The van der Waals surface area contributed by atoms with Crippen molar-refractivity contribution in [3.05, 3.63) is 33.8 Å². The number of nitrogens with one attached hydrogen (secondary N) is 1. The van der Waals surface area contributed by atoms with Crippen LogP contribution in [-0.2, 0) is 20.9 Å². The van der Waals surface area contributed by atoms with Gasteiger partial charge in [-0.05, 0) is 17.7 Å². The molecule has 0 aromatic heterocycles. The minimum atomic E-state index is -0.242. The van der Waals surface area contributed by atoms with Crippen LogP contribution in [0.5, 0.6) is 0 Å². The zero-order valence-corrected chi connectivity index (χ0v) is 12.7. The zero-order valence-electron chi connectivity index (χ0n) is 11.2. The molecule has 0 aliphatic carbocycles. The fraction of sp³-hybridized carbons (Fsp3) is 0.357. The van der Waals surface area contributed by atoms with Crippen LogP contribution in [0.3, 0.4) is 0 Å². The van der Waals surface area contributed by atoms with Gasteiger partial charge in [0.25, 0.3) is 0 Å². The van der Waals surface area contributed by atoms with Gasteiger partial charge in [0.1, 0.15) is 0 Å². The lowest BCUT2D eigenvalue weighted by Crippen LogP contribution is -2.34.